The largest absolute Gasteiger partial charge is 0.346 e. The minimum Gasteiger partial charge on any atom is -0.346 e. The van der Waals surface area contributed by atoms with Crippen molar-refractivity contribution in [3.8, 4) is 0 Å². The van der Waals surface area contributed by atoms with Crippen molar-refractivity contribution >= 4 is 11.8 Å². The van der Waals surface area contributed by atoms with Crippen molar-refractivity contribution in [2.45, 2.75) is 38.8 Å². The lowest BCUT2D eigenvalue weighted by molar-refractivity contribution is -0.133. The minimum absolute atomic E-state index is 0.0154. The van der Waals surface area contributed by atoms with Gasteiger partial charge in [0.15, 0.2) is 0 Å². The van der Waals surface area contributed by atoms with E-state index < -0.39 is 0 Å². The Bertz CT molecular complexity index is 268. The maximum absolute atomic E-state index is 11.8. The van der Waals surface area contributed by atoms with Crippen LogP contribution in [0.25, 0.3) is 0 Å². The molecule has 0 spiro atoms. The van der Waals surface area contributed by atoms with Crippen LogP contribution < -0.4 is 10.6 Å². The van der Waals surface area contributed by atoms with E-state index in [1.165, 1.54) is 0 Å². The van der Waals surface area contributed by atoms with E-state index in [-0.39, 0.29) is 24.4 Å². The average Bonchev–Trinajstić information content (AvgIpc) is 2.70. The molecule has 0 aromatic rings. The lowest BCUT2D eigenvalue weighted by Gasteiger charge is -2.22. The van der Waals surface area contributed by atoms with Gasteiger partial charge in [0.25, 0.3) is 0 Å². The van der Waals surface area contributed by atoms with Gasteiger partial charge in [0.05, 0.1) is 12.6 Å². The fourth-order valence-corrected chi connectivity index (χ4v) is 1.85. The number of amides is 2. The van der Waals surface area contributed by atoms with Gasteiger partial charge in [-0.15, -0.1) is 0 Å². The molecule has 1 fully saturated rings. The number of rotatable bonds is 4. The van der Waals surface area contributed by atoms with Crippen molar-refractivity contribution in [1.82, 2.24) is 15.5 Å². The summed E-state index contributed by atoms with van der Waals surface area (Å²) in [6.45, 7) is 4.73. The summed E-state index contributed by atoms with van der Waals surface area (Å²) >= 11 is 0. The van der Waals surface area contributed by atoms with Gasteiger partial charge in [-0.05, 0) is 33.7 Å². The first-order valence-corrected chi connectivity index (χ1v) is 5.80. The van der Waals surface area contributed by atoms with E-state index in [0.717, 1.165) is 19.4 Å². The number of nitrogens with one attached hydrogen (secondary N) is 2. The van der Waals surface area contributed by atoms with Gasteiger partial charge in [-0.1, -0.05) is 0 Å². The Hall–Kier alpha value is -1.10. The van der Waals surface area contributed by atoms with Crippen LogP contribution in [0.3, 0.4) is 0 Å². The lowest BCUT2D eigenvalue weighted by Crippen LogP contribution is -2.46. The number of likely N-dealkylation sites (N-methyl/N-ethyl adjacent to an activating group) is 1. The predicted octanol–water partition coefficient (Wildman–Crippen LogP) is -0.279. The first-order chi connectivity index (χ1) is 7.56. The third-order valence-electron chi connectivity index (χ3n) is 3.11. The van der Waals surface area contributed by atoms with Gasteiger partial charge in [0.2, 0.25) is 11.8 Å². The molecule has 1 heterocycles. The van der Waals surface area contributed by atoms with Gasteiger partial charge in [-0.3, -0.25) is 9.59 Å². The molecule has 0 aliphatic carbocycles. The molecule has 0 radical (unpaired) electrons. The second-order valence-electron chi connectivity index (χ2n) is 4.31. The molecule has 1 aliphatic heterocycles. The molecule has 1 rings (SSSR count). The summed E-state index contributed by atoms with van der Waals surface area (Å²) in [5.74, 6) is -0.121. The van der Waals surface area contributed by atoms with Crippen LogP contribution in [0.5, 0.6) is 0 Å². The van der Waals surface area contributed by atoms with Gasteiger partial charge < -0.3 is 15.5 Å². The van der Waals surface area contributed by atoms with Crippen LogP contribution in [0.15, 0.2) is 0 Å². The Labute approximate surface area is 96.6 Å². The van der Waals surface area contributed by atoms with Crippen LogP contribution in [0.2, 0.25) is 0 Å². The van der Waals surface area contributed by atoms with Crippen molar-refractivity contribution in [3.63, 3.8) is 0 Å². The number of hydrogen-bond donors (Lipinski definition) is 2. The van der Waals surface area contributed by atoms with E-state index in [2.05, 4.69) is 10.6 Å². The van der Waals surface area contributed by atoms with Crippen LogP contribution in [-0.2, 0) is 9.59 Å². The van der Waals surface area contributed by atoms with Crippen molar-refractivity contribution in [2.75, 3.05) is 20.1 Å². The Morgan fingerprint density at radius 1 is 1.50 bits per heavy atom. The highest BCUT2D eigenvalue weighted by Crippen LogP contribution is 2.15. The van der Waals surface area contributed by atoms with Crippen molar-refractivity contribution in [1.29, 1.82) is 0 Å². The Morgan fingerprint density at radius 3 is 2.69 bits per heavy atom. The van der Waals surface area contributed by atoms with E-state index >= 15 is 0 Å². The topological polar surface area (TPSA) is 61.4 Å². The number of nitrogens with zero attached hydrogens (tertiary/aromatic N) is 1. The van der Waals surface area contributed by atoms with Gasteiger partial charge >= 0.3 is 0 Å². The van der Waals surface area contributed by atoms with Gasteiger partial charge in [-0.25, -0.2) is 0 Å². The van der Waals surface area contributed by atoms with E-state index in [9.17, 15) is 9.59 Å². The molecule has 1 saturated heterocycles. The highest BCUT2D eigenvalue weighted by atomic mass is 16.2. The average molecular weight is 227 g/mol. The molecule has 92 valence electrons. The van der Waals surface area contributed by atoms with Crippen molar-refractivity contribution < 1.29 is 9.59 Å². The maximum Gasteiger partial charge on any atom is 0.242 e. The molecule has 2 unspecified atom stereocenters. The standard InChI is InChI=1S/C11H21N3O2/c1-8-5-4-6-14(8)10(15)7-13-11(16)9(2)12-3/h8-9,12H,4-7H2,1-3H3,(H,13,16). The summed E-state index contributed by atoms with van der Waals surface area (Å²) in [7, 11) is 1.72. The Balaban J connectivity index is 2.32. The minimum atomic E-state index is -0.260. The summed E-state index contributed by atoms with van der Waals surface area (Å²) in [6, 6.07) is 0.0509. The maximum atomic E-state index is 11.8. The highest BCUT2D eigenvalue weighted by Gasteiger charge is 2.25. The van der Waals surface area contributed by atoms with E-state index in [0.29, 0.717) is 6.04 Å². The van der Waals surface area contributed by atoms with E-state index in [1.807, 2.05) is 11.8 Å². The first kappa shape index (κ1) is 13.0. The molecule has 0 bridgehead atoms. The molecule has 0 saturated carbocycles. The molecular weight excluding hydrogens is 206 g/mol. The monoisotopic (exact) mass is 227 g/mol. The van der Waals surface area contributed by atoms with E-state index in [4.69, 9.17) is 0 Å². The highest BCUT2D eigenvalue weighted by molar-refractivity contribution is 5.87. The van der Waals surface area contributed by atoms with E-state index in [1.54, 1.807) is 14.0 Å². The van der Waals surface area contributed by atoms with Crippen LogP contribution >= 0.6 is 0 Å². The summed E-state index contributed by atoms with van der Waals surface area (Å²) in [5, 5.41) is 5.47. The first-order valence-electron chi connectivity index (χ1n) is 5.80. The summed E-state index contributed by atoms with van der Waals surface area (Å²) < 4.78 is 0. The zero-order chi connectivity index (χ0) is 12.1. The third-order valence-corrected chi connectivity index (χ3v) is 3.11. The normalized spacial score (nSPS) is 21.9. The fourth-order valence-electron chi connectivity index (χ4n) is 1.85. The molecule has 2 N–H and O–H groups in total. The Morgan fingerprint density at radius 2 is 2.19 bits per heavy atom. The summed E-state index contributed by atoms with van der Waals surface area (Å²) in [6.07, 6.45) is 2.13. The smallest absolute Gasteiger partial charge is 0.242 e. The quantitative estimate of drug-likeness (QED) is 0.694. The Kier molecular flexibility index (Phi) is 4.73. The molecule has 5 nitrogen and oxygen atoms in total. The lowest BCUT2D eigenvalue weighted by atomic mass is 10.2. The molecule has 0 aromatic carbocycles. The van der Waals surface area contributed by atoms with Crippen LogP contribution in [0.1, 0.15) is 26.7 Å². The van der Waals surface area contributed by atoms with Crippen LogP contribution in [-0.4, -0.2) is 48.9 Å². The molecule has 2 atom stereocenters. The van der Waals surface area contributed by atoms with Gasteiger partial charge in [0, 0.05) is 12.6 Å². The molecule has 16 heavy (non-hydrogen) atoms. The predicted molar refractivity (Wildman–Crippen MR) is 61.9 cm³/mol. The summed E-state index contributed by atoms with van der Waals surface area (Å²) in [4.78, 5) is 25.0. The zero-order valence-corrected chi connectivity index (χ0v) is 10.2. The molecule has 2 amide bonds. The van der Waals surface area contributed by atoms with Gasteiger partial charge in [-0.2, -0.15) is 0 Å². The van der Waals surface area contributed by atoms with Crippen molar-refractivity contribution in [2.24, 2.45) is 0 Å². The molecular formula is C11H21N3O2. The summed E-state index contributed by atoms with van der Waals surface area (Å²) in [5.41, 5.74) is 0. The van der Waals surface area contributed by atoms with Crippen LogP contribution in [0.4, 0.5) is 0 Å². The van der Waals surface area contributed by atoms with Crippen molar-refractivity contribution in [3.05, 3.63) is 0 Å². The SMILES string of the molecule is CNC(C)C(=O)NCC(=O)N1CCCC1C. The second kappa shape index (κ2) is 5.84. The van der Waals surface area contributed by atoms with Gasteiger partial charge in [0.1, 0.15) is 0 Å². The molecule has 1 aliphatic rings. The second-order valence-corrected chi connectivity index (χ2v) is 4.31. The molecule has 5 heteroatoms. The number of carbonyl (C=O) groups is 2. The fraction of sp³-hybridized carbons (Fsp3) is 0.818. The zero-order valence-electron chi connectivity index (χ0n) is 10.2. The number of carbonyl (C=O) groups excluding carboxylic acids is 2. The number of likely N-dealkylation sites (tertiary alicyclic amines) is 1. The number of hydrogen-bond acceptors (Lipinski definition) is 3. The third kappa shape index (κ3) is 3.20. The molecule has 0 aromatic heterocycles. The van der Waals surface area contributed by atoms with Crippen LogP contribution in [0, 0.1) is 0 Å².